The summed E-state index contributed by atoms with van der Waals surface area (Å²) >= 11 is 6.06. The number of nitrogens with zero attached hydrogens (tertiary/aromatic N) is 1. The van der Waals surface area contributed by atoms with Crippen LogP contribution >= 0.6 is 11.6 Å². The van der Waals surface area contributed by atoms with Gasteiger partial charge in [-0.05, 0) is 18.6 Å². The molecule has 72 valence electrons. The zero-order valence-corrected chi connectivity index (χ0v) is 8.54. The van der Waals surface area contributed by atoms with Crippen LogP contribution in [0.4, 0.5) is 0 Å². The number of rotatable bonds is 1. The second-order valence-corrected chi connectivity index (χ2v) is 3.53. The molecule has 1 aromatic heterocycles. The van der Waals surface area contributed by atoms with Gasteiger partial charge in [-0.25, -0.2) is 4.98 Å². The number of aromatic nitrogens is 1. The van der Waals surface area contributed by atoms with E-state index >= 15 is 0 Å². The molecule has 1 heterocycles. The fourth-order valence-corrected chi connectivity index (χ4v) is 1.70. The minimum absolute atomic E-state index is 0.180. The molecule has 1 aromatic carbocycles. The Balaban J connectivity index is 2.83. The molecule has 0 spiro atoms. The van der Waals surface area contributed by atoms with Gasteiger partial charge in [0.25, 0.3) is 0 Å². The Kier molecular flexibility index (Phi) is 2.30. The standard InChI is InChI=1S/C11H10ClNO/c1-2-7-6-9(12)8-4-3-5-10(14)11(8)13-7/h3-6,14H,2H2,1H3. The number of phenolic OH excluding ortho intramolecular Hbond substituents is 1. The molecule has 2 aromatic rings. The number of hydrogen-bond acceptors (Lipinski definition) is 2. The maximum absolute atomic E-state index is 9.59. The van der Waals surface area contributed by atoms with Gasteiger partial charge in [0.1, 0.15) is 11.3 Å². The van der Waals surface area contributed by atoms with E-state index < -0.39 is 0 Å². The van der Waals surface area contributed by atoms with Gasteiger partial charge in [0.2, 0.25) is 0 Å². The number of aryl methyl sites for hydroxylation is 1. The first-order chi connectivity index (χ1) is 6.72. The van der Waals surface area contributed by atoms with E-state index in [0.717, 1.165) is 17.5 Å². The molecule has 0 saturated heterocycles. The highest BCUT2D eigenvalue weighted by molar-refractivity contribution is 6.35. The number of halogens is 1. The third-order valence-electron chi connectivity index (χ3n) is 2.18. The summed E-state index contributed by atoms with van der Waals surface area (Å²) in [5, 5.41) is 11.0. The van der Waals surface area contributed by atoms with Crippen molar-refractivity contribution < 1.29 is 5.11 Å². The van der Waals surface area contributed by atoms with Crippen molar-refractivity contribution in [1.82, 2.24) is 4.98 Å². The lowest BCUT2D eigenvalue weighted by atomic mass is 10.1. The van der Waals surface area contributed by atoms with Crippen molar-refractivity contribution in [3.05, 3.63) is 35.0 Å². The van der Waals surface area contributed by atoms with Crippen LogP contribution in [0.1, 0.15) is 12.6 Å². The first-order valence-electron chi connectivity index (χ1n) is 4.49. The van der Waals surface area contributed by atoms with Crippen LogP contribution in [-0.2, 0) is 6.42 Å². The van der Waals surface area contributed by atoms with E-state index in [4.69, 9.17) is 11.6 Å². The van der Waals surface area contributed by atoms with Crippen LogP contribution in [0.5, 0.6) is 5.75 Å². The Morgan fingerprint density at radius 2 is 2.21 bits per heavy atom. The lowest BCUT2D eigenvalue weighted by Gasteiger charge is -2.04. The van der Waals surface area contributed by atoms with Crippen molar-refractivity contribution in [1.29, 1.82) is 0 Å². The predicted molar refractivity (Wildman–Crippen MR) is 57.8 cm³/mol. The van der Waals surface area contributed by atoms with E-state index in [9.17, 15) is 5.11 Å². The third kappa shape index (κ3) is 1.42. The van der Waals surface area contributed by atoms with E-state index in [0.29, 0.717) is 10.5 Å². The normalized spacial score (nSPS) is 10.7. The summed E-state index contributed by atoms with van der Waals surface area (Å²) in [4.78, 5) is 4.32. The monoisotopic (exact) mass is 207 g/mol. The number of para-hydroxylation sites is 1. The van der Waals surface area contributed by atoms with Crippen LogP contribution in [-0.4, -0.2) is 10.1 Å². The topological polar surface area (TPSA) is 33.1 Å². The van der Waals surface area contributed by atoms with Crippen LogP contribution in [0, 0.1) is 0 Å². The van der Waals surface area contributed by atoms with Gasteiger partial charge >= 0.3 is 0 Å². The summed E-state index contributed by atoms with van der Waals surface area (Å²) < 4.78 is 0. The second-order valence-electron chi connectivity index (χ2n) is 3.12. The van der Waals surface area contributed by atoms with E-state index in [1.165, 1.54) is 0 Å². The fourth-order valence-electron chi connectivity index (χ4n) is 1.42. The quantitative estimate of drug-likeness (QED) is 0.779. The number of phenols is 1. The molecule has 1 N–H and O–H groups in total. The lowest BCUT2D eigenvalue weighted by molar-refractivity contribution is 0.480. The molecule has 14 heavy (non-hydrogen) atoms. The zero-order chi connectivity index (χ0) is 10.1. The van der Waals surface area contributed by atoms with Gasteiger partial charge in [-0.3, -0.25) is 0 Å². The summed E-state index contributed by atoms with van der Waals surface area (Å²) in [5.41, 5.74) is 1.47. The molecule has 3 heteroatoms. The number of fused-ring (bicyclic) bond motifs is 1. The molecular weight excluding hydrogens is 198 g/mol. The Morgan fingerprint density at radius 3 is 2.93 bits per heavy atom. The molecular formula is C11H10ClNO. The first kappa shape index (κ1) is 9.28. The summed E-state index contributed by atoms with van der Waals surface area (Å²) in [7, 11) is 0. The van der Waals surface area contributed by atoms with Crippen molar-refractivity contribution in [3.8, 4) is 5.75 Å². The molecule has 0 amide bonds. The summed E-state index contributed by atoms with van der Waals surface area (Å²) in [6.45, 7) is 2.00. The fraction of sp³-hybridized carbons (Fsp3) is 0.182. The van der Waals surface area contributed by atoms with Crippen LogP contribution in [0.15, 0.2) is 24.3 Å². The van der Waals surface area contributed by atoms with Gasteiger partial charge < -0.3 is 5.11 Å². The molecule has 0 atom stereocenters. The lowest BCUT2D eigenvalue weighted by Crippen LogP contribution is -1.89. The number of pyridine rings is 1. The summed E-state index contributed by atoms with van der Waals surface area (Å²) in [5.74, 6) is 0.180. The number of aromatic hydroxyl groups is 1. The third-order valence-corrected chi connectivity index (χ3v) is 2.50. The molecule has 0 unspecified atom stereocenters. The van der Waals surface area contributed by atoms with E-state index in [-0.39, 0.29) is 5.75 Å². The molecule has 2 rings (SSSR count). The Bertz CT molecular complexity index is 482. The van der Waals surface area contributed by atoms with Gasteiger partial charge in [0.15, 0.2) is 0 Å². The van der Waals surface area contributed by atoms with Gasteiger partial charge in [-0.2, -0.15) is 0 Å². The maximum Gasteiger partial charge on any atom is 0.141 e. The van der Waals surface area contributed by atoms with Crippen molar-refractivity contribution in [3.63, 3.8) is 0 Å². The smallest absolute Gasteiger partial charge is 0.141 e. The predicted octanol–water partition coefficient (Wildman–Crippen LogP) is 3.16. The van der Waals surface area contributed by atoms with Gasteiger partial charge in [0, 0.05) is 11.1 Å². The van der Waals surface area contributed by atoms with Crippen molar-refractivity contribution in [2.24, 2.45) is 0 Å². The highest BCUT2D eigenvalue weighted by Gasteiger charge is 2.05. The van der Waals surface area contributed by atoms with Crippen molar-refractivity contribution in [2.45, 2.75) is 13.3 Å². The van der Waals surface area contributed by atoms with Crippen LogP contribution < -0.4 is 0 Å². The van der Waals surface area contributed by atoms with E-state index in [2.05, 4.69) is 4.98 Å². The number of benzene rings is 1. The second kappa shape index (κ2) is 3.46. The SMILES string of the molecule is CCc1cc(Cl)c2cccc(O)c2n1. The maximum atomic E-state index is 9.59. The largest absolute Gasteiger partial charge is 0.506 e. The molecule has 0 aliphatic rings. The van der Waals surface area contributed by atoms with Crippen LogP contribution in [0.3, 0.4) is 0 Å². The molecule has 0 saturated carbocycles. The van der Waals surface area contributed by atoms with Gasteiger partial charge in [0.05, 0.1) is 5.02 Å². The summed E-state index contributed by atoms with van der Waals surface area (Å²) in [6, 6.07) is 7.06. The average Bonchev–Trinajstić information content (AvgIpc) is 2.19. The summed E-state index contributed by atoms with van der Waals surface area (Å²) in [6.07, 6.45) is 0.810. The molecule has 0 fully saturated rings. The van der Waals surface area contributed by atoms with Crippen molar-refractivity contribution >= 4 is 22.5 Å². The first-order valence-corrected chi connectivity index (χ1v) is 4.87. The highest BCUT2D eigenvalue weighted by atomic mass is 35.5. The molecule has 0 bridgehead atoms. The highest BCUT2D eigenvalue weighted by Crippen LogP contribution is 2.28. The number of hydrogen-bond donors (Lipinski definition) is 1. The van der Waals surface area contributed by atoms with Gasteiger partial charge in [-0.15, -0.1) is 0 Å². The van der Waals surface area contributed by atoms with E-state index in [1.54, 1.807) is 12.1 Å². The zero-order valence-electron chi connectivity index (χ0n) is 7.79. The average molecular weight is 208 g/mol. The minimum atomic E-state index is 0.180. The Hall–Kier alpha value is -1.28. The molecule has 0 aliphatic carbocycles. The Morgan fingerprint density at radius 1 is 1.43 bits per heavy atom. The van der Waals surface area contributed by atoms with Crippen molar-refractivity contribution in [2.75, 3.05) is 0 Å². The van der Waals surface area contributed by atoms with Crippen LogP contribution in [0.2, 0.25) is 5.02 Å². The van der Waals surface area contributed by atoms with Crippen LogP contribution in [0.25, 0.3) is 10.9 Å². The van der Waals surface area contributed by atoms with E-state index in [1.807, 2.05) is 19.1 Å². The van der Waals surface area contributed by atoms with Gasteiger partial charge in [-0.1, -0.05) is 30.7 Å². The Labute approximate surface area is 87.2 Å². The molecule has 2 nitrogen and oxygen atoms in total. The molecule has 0 aliphatic heterocycles. The minimum Gasteiger partial charge on any atom is -0.506 e. The molecule has 0 radical (unpaired) electrons.